The van der Waals surface area contributed by atoms with Gasteiger partial charge in [-0.3, -0.25) is 14.4 Å². The van der Waals surface area contributed by atoms with Gasteiger partial charge in [0.1, 0.15) is 17.2 Å². The lowest BCUT2D eigenvalue weighted by Crippen LogP contribution is -2.60. The summed E-state index contributed by atoms with van der Waals surface area (Å²) in [4.78, 5) is 42.2. The van der Waals surface area contributed by atoms with Crippen LogP contribution in [0.15, 0.2) is 47.3 Å². The summed E-state index contributed by atoms with van der Waals surface area (Å²) in [5.74, 6) is -1.37. The van der Waals surface area contributed by atoms with Gasteiger partial charge in [0.15, 0.2) is 0 Å². The van der Waals surface area contributed by atoms with Crippen LogP contribution in [0.1, 0.15) is 51.1 Å². The number of halogens is 2. The van der Waals surface area contributed by atoms with Crippen LogP contribution in [0.5, 0.6) is 0 Å². The summed E-state index contributed by atoms with van der Waals surface area (Å²) in [5.41, 5.74) is 2.55. The number of rotatable bonds is 6. The molecule has 2 amide bonds. The summed E-state index contributed by atoms with van der Waals surface area (Å²) < 4.78 is 28.2. The van der Waals surface area contributed by atoms with Crippen molar-refractivity contribution < 1.29 is 18.4 Å². The van der Waals surface area contributed by atoms with Gasteiger partial charge < -0.3 is 15.1 Å². The van der Waals surface area contributed by atoms with Crippen molar-refractivity contribution in [1.29, 1.82) is 0 Å². The first-order valence-corrected chi connectivity index (χ1v) is 13.6. The van der Waals surface area contributed by atoms with Crippen molar-refractivity contribution >= 4 is 11.8 Å². The topological polar surface area (TPSA) is 98.4 Å². The van der Waals surface area contributed by atoms with E-state index in [1.807, 2.05) is 6.92 Å². The van der Waals surface area contributed by atoms with Crippen LogP contribution in [0, 0.1) is 25.5 Å². The zero-order valence-corrected chi connectivity index (χ0v) is 22.7. The number of hydrogen-bond acceptors (Lipinski definition) is 5. The highest BCUT2D eigenvalue weighted by Crippen LogP contribution is 2.28. The number of amides is 2. The van der Waals surface area contributed by atoms with E-state index in [2.05, 4.69) is 15.5 Å². The second-order valence-corrected chi connectivity index (χ2v) is 10.7. The number of piperazine rings is 1. The molecular formula is C30H33F2N5O3. The minimum atomic E-state index is -0.753. The smallest absolute Gasteiger partial charge is 0.267 e. The predicted molar refractivity (Wildman–Crippen MR) is 146 cm³/mol. The highest BCUT2D eigenvalue weighted by molar-refractivity contribution is 5.95. The lowest BCUT2D eigenvalue weighted by Gasteiger charge is -2.40. The lowest BCUT2D eigenvalue weighted by atomic mass is 9.87. The number of nitrogens with zero attached hydrogens (tertiary/aromatic N) is 3. The van der Waals surface area contributed by atoms with Crippen molar-refractivity contribution in [3.05, 3.63) is 98.0 Å². The molecule has 2 N–H and O–H groups in total. The van der Waals surface area contributed by atoms with Crippen LogP contribution >= 0.6 is 0 Å². The Morgan fingerprint density at radius 2 is 1.62 bits per heavy atom. The van der Waals surface area contributed by atoms with Gasteiger partial charge >= 0.3 is 0 Å². The zero-order valence-electron chi connectivity index (χ0n) is 22.7. The van der Waals surface area contributed by atoms with Crippen molar-refractivity contribution in [2.45, 2.75) is 45.1 Å². The number of nitrogens with one attached hydrogen (secondary N) is 2. The molecule has 1 atom stereocenters. The summed E-state index contributed by atoms with van der Waals surface area (Å²) in [6, 6.07) is 10.6. The molecule has 2 aromatic carbocycles. The molecule has 0 radical (unpaired) electrons. The Hall–Kier alpha value is -3.92. The van der Waals surface area contributed by atoms with E-state index in [4.69, 9.17) is 0 Å². The number of benzene rings is 2. The third-order valence-corrected chi connectivity index (χ3v) is 8.19. The van der Waals surface area contributed by atoms with Crippen molar-refractivity contribution in [2.75, 3.05) is 32.7 Å². The first kappa shape index (κ1) is 27.6. The molecule has 3 aromatic rings. The van der Waals surface area contributed by atoms with Crippen molar-refractivity contribution in [2.24, 2.45) is 0 Å². The molecule has 10 heteroatoms. The average Bonchev–Trinajstić information content (AvgIpc) is 3.44. The number of hydrogen-bond donors (Lipinski definition) is 2. The predicted octanol–water partition coefficient (Wildman–Crippen LogP) is 2.91. The first-order chi connectivity index (χ1) is 19.2. The Balaban J connectivity index is 1.26. The van der Waals surface area contributed by atoms with Gasteiger partial charge in [-0.15, -0.1) is 0 Å². The van der Waals surface area contributed by atoms with Crippen LogP contribution in [0.2, 0.25) is 0 Å². The molecule has 1 aromatic heterocycles. The Bertz CT molecular complexity index is 1470. The summed E-state index contributed by atoms with van der Waals surface area (Å²) in [6.07, 6.45) is 2.36. The number of carbonyl (C=O) groups excluding carboxylic acids is 2. The molecule has 0 aliphatic carbocycles. The summed E-state index contributed by atoms with van der Waals surface area (Å²) in [5, 5.41) is 10.00. The Labute approximate surface area is 231 Å². The fourth-order valence-corrected chi connectivity index (χ4v) is 5.64. The molecule has 2 aliphatic rings. The molecule has 2 saturated heterocycles. The van der Waals surface area contributed by atoms with E-state index in [0.717, 1.165) is 24.1 Å². The van der Waals surface area contributed by atoms with E-state index in [1.165, 1.54) is 24.3 Å². The minimum Gasteiger partial charge on any atom is -0.338 e. The first-order valence-electron chi connectivity index (χ1n) is 13.6. The van der Waals surface area contributed by atoms with Gasteiger partial charge in [-0.05, 0) is 80.6 Å². The maximum atomic E-state index is 14.8. The molecule has 2 fully saturated rings. The van der Waals surface area contributed by atoms with Crippen LogP contribution in [-0.4, -0.2) is 70.1 Å². The number of aromatic nitrogens is 2. The number of carbonyl (C=O) groups is 2. The van der Waals surface area contributed by atoms with Crippen LogP contribution in [0.3, 0.4) is 0 Å². The third kappa shape index (κ3) is 5.54. The van der Waals surface area contributed by atoms with Gasteiger partial charge in [0.05, 0.1) is 11.3 Å². The second-order valence-electron chi connectivity index (χ2n) is 10.7. The van der Waals surface area contributed by atoms with Gasteiger partial charge in [0.2, 0.25) is 5.91 Å². The molecule has 0 bridgehead atoms. The number of aromatic amines is 1. The lowest BCUT2D eigenvalue weighted by molar-refractivity contribution is -0.139. The fraction of sp³-hybridized carbons (Fsp3) is 0.400. The van der Waals surface area contributed by atoms with E-state index < -0.39 is 17.3 Å². The Kier molecular flexibility index (Phi) is 7.80. The van der Waals surface area contributed by atoms with Gasteiger partial charge in [-0.1, -0.05) is 18.2 Å². The minimum absolute atomic E-state index is 0.0198. The SMILES string of the molecule is Cc1c(Cc2ccc(F)c(C(=O)N3CCN(C(=O)C4(Cc5ccc(F)cc5)CCCN4)CC3)c2)n[nH]c(=O)c1C. The van der Waals surface area contributed by atoms with Gasteiger partial charge in [0, 0.05) is 38.2 Å². The zero-order chi connectivity index (χ0) is 28.4. The highest BCUT2D eigenvalue weighted by Gasteiger charge is 2.44. The molecular weight excluding hydrogens is 516 g/mol. The van der Waals surface area contributed by atoms with Crippen molar-refractivity contribution in [3.63, 3.8) is 0 Å². The van der Waals surface area contributed by atoms with Gasteiger partial charge in [-0.25, -0.2) is 13.9 Å². The maximum absolute atomic E-state index is 14.8. The summed E-state index contributed by atoms with van der Waals surface area (Å²) >= 11 is 0. The Morgan fingerprint density at radius 3 is 2.30 bits per heavy atom. The molecule has 1 unspecified atom stereocenters. The van der Waals surface area contributed by atoms with E-state index >= 15 is 0 Å². The van der Waals surface area contributed by atoms with Crippen molar-refractivity contribution in [3.8, 4) is 0 Å². The van der Waals surface area contributed by atoms with E-state index in [1.54, 1.807) is 34.9 Å². The quantitative estimate of drug-likeness (QED) is 0.493. The standard InChI is InChI=1S/C30H33F2N5O3/c1-19-20(2)27(38)35-34-26(19)17-22-6-9-25(32)24(16-22)28(39)36-12-14-37(15-13-36)29(40)30(10-3-11-33-30)18-21-4-7-23(31)8-5-21/h4-9,16,33H,3,10-15,17-18H2,1-2H3,(H,35,38). The molecule has 3 heterocycles. The molecule has 40 heavy (non-hydrogen) atoms. The number of H-pyrrole nitrogens is 1. The van der Waals surface area contributed by atoms with Crippen molar-refractivity contribution in [1.82, 2.24) is 25.3 Å². The summed E-state index contributed by atoms with van der Waals surface area (Å²) in [7, 11) is 0. The third-order valence-electron chi connectivity index (χ3n) is 8.19. The van der Waals surface area contributed by atoms with Crippen LogP contribution in [0.4, 0.5) is 8.78 Å². The molecule has 0 saturated carbocycles. The molecule has 2 aliphatic heterocycles. The summed E-state index contributed by atoms with van der Waals surface area (Å²) in [6.45, 7) is 5.54. The maximum Gasteiger partial charge on any atom is 0.267 e. The molecule has 0 spiro atoms. The van der Waals surface area contributed by atoms with E-state index in [0.29, 0.717) is 62.3 Å². The molecule has 8 nitrogen and oxygen atoms in total. The molecule has 5 rings (SSSR count). The van der Waals surface area contributed by atoms with Gasteiger partial charge in [-0.2, -0.15) is 5.10 Å². The largest absolute Gasteiger partial charge is 0.338 e. The van der Waals surface area contributed by atoms with E-state index in [9.17, 15) is 23.2 Å². The van der Waals surface area contributed by atoms with Crippen LogP contribution in [0.25, 0.3) is 0 Å². The molecule has 210 valence electrons. The van der Waals surface area contributed by atoms with Gasteiger partial charge in [0.25, 0.3) is 11.5 Å². The van der Waals surface area contributed by atoms with Crippen LogP contribution < -0.4 is 10.9 Å². The average molecular weight is 550 g/mol. The monoisotopic (exact) mass is 549 g/mol. The second kappa shape index (κ2) is 11.3. The van der Waals surface area contributed by atoms with E-state index in [-0.39, 0.29) is 22.8 Å². The Morgan fingerprint density at radius 1 is 0.950 bits per heavy atom. The fourth-order valence-electron chi connectivity index (χ4n) is 5.64. The van der Waals surface area contributed by atoms with Crippen LogP contribution in [-0.2, 0) is 17.6 Å². The highest BCUT2D eigenvalue weighted by atomic mass is 19.1. The normalized spacial score (nSPS) is 19.2.